The molecule has 0 spiro atoms. The van der Waals surface area contributed by atoms with Gasteiger partial charge in [-0.15, -0.1) is 0 Å². The molecule has 2 N–H and O–H groups in total. The Labute approximate surface area is 114 Å². The molecule has 0 heterocycles. The van der Waals surface area contributed by atoms with Gasteiger partial charge in [0.15, 0.2) is 0 Å². The summed E-state index contributed by atoms with van der Waals surface area (Å²) >= 11 is 0. The number of benzene rings is 1. The number of aliphatic hydroxyl groups excluding tert-OH is 1. The van der Waals surface area contributed by atoms with Gasteiger partial charge in [0, 0.05) is 6.54 Å². The van der Waals surface area contributed by atoms with Gasteiger partial charge in [0.2, 0.25) is 0 Å². The molecule has 20 heavy (non-hydrogen) atoms. The predicted molar refractivity (Wildman–Crippen MR) is 67.0 cm³/mol. The summed E-state index contributed by atoms with van der Waals surface area (Å²) in [6.45, 7) is 3.48. The van der Waals surface area contributed by atoms with Crippen LogP contribution in [0.2, 0.25) is 0 Å². The third kappa shape index (κ3) is 5.34. The fourth-order valence-corrected chi connectivity index (χ4v) is 1.43. The van der Waals surface area contributed by atoms with Crippen LogP contribution in [0.15, 0.2) is 18.2 Å². The minimum absolute atomic E-state index is 0.0191. The van der Waals surface area contributed by atoms with Gasteiger partial charge >= 0.3 is 6.18 Å². The van der Waals surface area contributed by atoms with Crippen molar-refractivity contribution in [3.05, 3.63) is 29.6 Å². The molecule has 0 aliphatic carbocycles. The van der Waals surface area contributed by atoms with Crippen LogP contribution in [-0.4, -0.2) is 30.5 Å². The van der Waals surface area contributed by atoms with Crippen molar-refractivity contribution in [1.29, 1.82) is 0 Å². The van der Waals surface area contributed by atoms with Crippen LogP contribution in [-0.2, 0) is 10.9 Å². The van der Waals surface area contributed by atoms with Crippen molar-refractivity contribution in [2.75, 3.05) is 18.5 Å². The first kappa shape index (κ1) is 16.7. The van der Waals surface area contributed by atoms with Gasteiger partial charge in [-0.1, -0.05) is 0 Å². The summed E-state index contributed by atoms with van der Waals surface area (Å²) in [5.41, 5.74) is -1.25. The molecule has 0 aromatic heterocycles. The number of nitrogens with one attached hydrogen (secondary N) is 1. The summed E-state index contributed by atoms with van der Waals surface area (Å²) in [5.74, 6) is -0.810. The maximum Gasteiger partial charge on any atom is 0.416 e. The number of ether oxygens (including phenoxy) is 1. The molecular weight excluding hydrogens is 278 g/mol. The summed E-state index contributed by atoms with van der Waals surface area (Å²) in [7, 11) is 0. The largest absolute Gasteiger partial charge is 0.416 e. The molecule has 3 nitrogen and oxygen atoms in total. The normalized spacial score (nSPS) is 13.6. The summed E-state index contributed by atoms with van der Waals surface area (Å²) < 4.78 is 56.0. The third-order valence-electron chi connectivity index (χ3n) is 2.44. The number of alkyl halides is 3. The Morgan fingerprint density at radius 1 is 1.30 bits per heavy atom. The summed E-state index contributed by atoms with van der Waals surface area (Å²) in [6, 6.07) is 2.08. The van der Waals surface area contributed by atoms with Crippen molar-refractivity contribution < 1.29 is 27.4 Å². The monoisotopic (exact) mass is 295 g/mol. The number of rotatable bonds is 6. The predicted octanol–water partition coefficient (Wildman–Crippen LogP) is 3.04. The van der Waals surface area contributed by atoms with E-state index in [0.717, 1.165) is 6.07 Å². The molecule has 0 bridgehead atoms. The molecule has 0 aliphatic rings. The van der Waals surface area contributed by atoms with Gasteiger partial charge in [0.05, 0.1) is 30.1 Å². The molecule has 0 aliphatic heterocycles. The smallest absolute Gasteiger partial charge is 0.389 e. The van der Waals surface area contributed by atoms with Crippen LogP contribution >= 0.6 is 0 Å². The average molecular weight is 295 g/mol. The highest BCUT2D eigenvalue weighted by Crippen LogP contribution is 2.31. The Balaban J connectivity index is 2.63. The quantitative estimate of drug-likeness (QED) is 0.793. The third-order valence-corrected chi connectivity index (χ3v) is 2.44. The molecule has 1 aromatic carbocycles. The second kappa shape index (κ2) is 6.90. The Morgan fingerprint density at radius 2 is 1.95 bits per heavy atom. The summed E-state index contributed by atoms with van der Waals surface area (Å²) in [4.78, 5) is 0. The maximum atomic E-state index is 13.4. The standard InChI is InChI=1S/C13H17F4NO2/c1-8(2)20-7-10(19)6-18-12-5-9(13(15,16)17)3-4-11(12)14/h3-5,8,10,18-19H,6-7H2,1-2H3. The Morgan fingerprint density at radius 3 is 2.50 bits per heavy atom. The first-order valence-electron chi connectivity index (χ1n) is 6.10. The van der Waals surface area contributed by atoms with Crippen molar-refractivity contribution in [2.45, 2.75) is 32.2 Å². The molecule has 0 fully saturated rings. The maximum absolute atomic E-state index is 13.4. The zero-order valence-corrected chi connectivity index (χ0v) is 11.2. The lowest BCUT2D eigenvalue weighted by Gasteiger charge is -2.16. The minimum Gasteiger partial charge on any atom is -0.389 e. The fourth-order valence-electron chi connectivity index (χ4n) is 1.43. The van der Waals surface area contributed by atoms with E-state index >= 15 is 0 Å². The highest BCUT2D eigenvalue weighted by atomic mass is 19.4. The highest BCUT2D eigenvalue weighted by Gasteiger charge is 2.31. The van der Waals surface area contributed by atoms with E-state index in [-0.39, 0.29) is 24.9 Å². The Hall–Kier alpha value is -1.34. The zero-order chi connectivity index (χ0) is 15.3. The Kier molecular flexibility index (Phi) is 5.76. The van der Waals surface area contributed by atoms with Crippen LogP contribution < -0.4 is 5.32 Å². The number of halogens is 4. The lowest BCUT2D eigenvalue weighted by molar-refractivity contribution is -0.137. The van der Waals surface area contributed by atoms with Crippen molar-refractivity contribution in [3.63, 3.8) is 0 Å². The molecule has 0 amide bonds. The number of hydrogen-bond acceptors (Lipinski definition) is 3. The van der Waals surface area contributed by atoms with Gasteiger partial charge < -0.3 is 15.2 Å². The minimum atomic E-state index is -4.54. The van der Waals surface area contributed by atoms with E-state index in [1.54, 1.807) is 13.8 Å². The molecule has 1 rings (SSSR count). The number of aliphatic hydroxyl groups is 1. The molecule has 1 aromatic rings. The van der Waals surface area contributed by atoms with E-state index in [9.17, 15) is 22.7 Å². The van der Waals surface area contributed by atoms with Crippen LogP contribution in [0.5, 0.6) is 0 Å². The van der Waals surface area contributed by atoms with Crippen molar-refractivity contribution >= 4 is 5.69 Å². The van der Waals surface area contributed by atoms with E-state index in [1.165, 1.54) is 0 Å². The molecule has 7 heteroatoms. The number of anilines is 1. The van der Waals surface area contributed by atoms with E-state index in [4.69, 9.17) is 4.74 Å². The Bertz CT molecular complexity index is 435. The van der Waals surface area contributed by atoms with Crippen LogP contribution in [0.1, 0.15) is 19.4 Å². The molecule has 114 valence electrons. The van der Waals surface area contributed by atoms with Crippen molar-refractivity contribution in [3.8, 4) is 0 Å². The molecule has 1 atom stereocenters. The van der Waals surface area contributed by atoms with Gasteiger partial charge in [0.25, 0.3) is 0 Å². The second-order valence-electron chi connectivity index (χ2n) is 4.61. The molecule has 1 unspecified atom stereocenters. The average Bonchev–Trinajstić information content (AvgIpc) is 2.33. The van der Waals surface area contributed by atoms with Gasteiger partial charge in [0.1, 0.15) is 5.82 Å². The molecular formula is C13H17F4NO2. The SMILES string of the molecule is CC(C)OCC(O)CNc1cc(C(F)(F)F)ccc1F. The highest BCUT2D eigenvalue weighted by molar-refractivity contribution is 5.48. The lowest BCUT2D eigenvalue weighted by Crippen LogP contribution is -2.26. The molecule has 0 saturated heterocycles. The molecule has 0 saturated carbocycles. The fraction of sp³-hybridized carbons (Fsp3) is 0.538. The van der Waals surface area contributed by atoms with Crippen LogP contribution in [0.4, 0.5) is 23.2 Å². The first-order chi connectivity index (χ1) is 9.20. The zero-order valence-electron chi connectivity index (χ0n) is 11.2. The van der Waals surface area contributed by atoms with E-state index in [1.807, 2.05) is 0 Å². The first-order valence-corrected chi connectivity index (χ1v) is 6.10. The lowest BCUT2D eigenvalue weighted by atomic mass is 10.2. The van der Waals surface area contributed by atoms with Crippen LogP contribution in [0.25, 0.3) is 0 Å². The van der Waals surface area contributed by atoms with Gasteiger partial charge in [-0.05, 0) is 32.0 Å². The van der Waals surface area contributed by atoms with E-state index in [2.05, 4.69) is 5.32 Å². The van der Waals surface area contributed by atoms with Crippen LogP contribution in [0.3, 0.4) is 0 Å². The van der Waals surface area contributed by atoms with Crippen molar-refractivity contribution in [1.82, 2.24) is 0 Å². The summed E-state index contributed by atoms with van der Waals surface area (Å²) in [5, 5.41) is 12.0. The topological polar surface area (TPSA) is 41.5 Å². The van der Waals surface area contributed by atoms with Crippen molar-refractivity contribution in [2.24, 2.45) is 0 Å². The second-order valence-corrected chi connectivity index (χ2v) is 4.61. The van der Waals surface area contributed by atoms with Gasteiger partial charge in [-0.25, -0.2) is 4.39 Å². The van der Waals surface area contributed by atoms with Gasteiger partial charge in [-0.2, -0.15) is 13.2 Å². The van der Waals surface area contributed by atoms with Gasteiger partial charge in [-0.3, -0.25) is 0 Å². The van der Waals surface area contributed by atoms with Crippen LogP contribution in [0, 0.1) is 5.82 Å². The van der Waals surface area contributed by atoms with E-state index in [0.29, 0.717) is 12.1 Å². The summed E-state index contributed by atoms with van der Waals surface area (Å²) in [6.07, 6.45) is -5.55. The van der Waals surface area contributed by atoms with E-state index < -0.39 is 23.7 Å². The molecule has 0 radical (unpaired) electrons. The number of hydrogen-bond donors (Lipinski definition) is 2.